The Morgan fingerprint density at radius 2 is 1.89 bits per heavy atom. The minimum Gasteiger partial charge on any atom is -0.341 e. The van der Waals surface area contributed by atoms with Crippen LogP contribution in [0.1, 0.15) is 54.7 Å². The van der Waals surface area contributed by atoms with Gasteiger partial charge in [-0.25, -0.2) is 4.98 Å². The van der Waals surface area contributed by atoms with Crippen LogP contribution in [0.25, 0.3) is 0 Å². The number of hydrogen-bond acceptors (Lipinski definition) is 4. The van der Waals surface area contributed by atoms with E-state index in [1.54, 1.807) is 0 Å². The molecule has 0 aliphatic carbocycles. The Bertz CT molecular complexity index is 751. The van der Waals surface area contributed by atoms with Gasteiger partial charge in [-0.15, -0.1) is 0 Å². The van der Waals surface area contributed by atoms with Crippen molar-refractivity contribution in [3.8, 4) is 0 Å². The minimum absolute atomic E-state index is 0.255. The molecule has 1 atom stereocenters. The number of hydrogen-bond donors (Lipinski definition) is 1. The Hall–Kier alpha value is -2.21. The van der Waals surface area contributed by atoms with Gasteiger partial charge in [-0.3, -0.25) is 14.8 Å². The van der Waals surface area contributed by atoms with Gasteiger partial charge in [-0.05, 0) is 57.2 Å². The first-order valence-corrected chi connectivity index (χ1v) is 10.1. The maximum absolute atomic E-state index is 12.8. The van der Waals surface area contributed by atoms with E-state index in [-0.39, 0.29) is 11.8 Å². The Morgan fingerprint density at radius 3 is 2.59 bits per heavy atom. The van der Waals surface area contributed by atoms with Gasteiger partial charge in [0.15, 0.2) is 5.82 Å². The van der Waals surface area contributed by atoms with Gasteiger partial charge in [0.05, 0.1) is 6.54 Å². The molecule has 2 aromatic rings. The number of piperidine rings is 2. The van der Waals surface area contributed by atoms with Gasteiger partial charge in [-0.1, -0.05) is 30.3 Å². The van der Waals surface area contributed by atoms with Crippen molar-refractivity contribution in [3.63, 3.8) is 0 Å². The van der Waals surface area contributed by atoms with Crippen molar-refractivity contribution in [1.29, 1.82) is 0 Å². The van der Waals surface area contributed by atoms with Gasteiger partial charge in [0, 0.05) is 19.0 Å². The highest BCUT2D eigenvalue weighted by Gasteiger charge is 2.29. The summed E-state index contributed by atoms with van der Waals surface area (Å²) < 4.78 is 0. The summed E-state index contributed by atoms with van der Waals surface area (Å²) in [5.74, 6) is 2.84. The van der Waals surface area contributed by atoms with Crippen molar-refractivity contribution < 1.29 is 4.79 Å². The van der Waals surface area contributed by atoms with Crippen molar-refractivity contribution in [2.24, 2.45) is 0 Å². The molecular weight excluding hydrogens is 338 g/mol. The van der Waals surface area contributed by atoms with E-state index < -0.39 is 0 Å². The van der Waals surface area contributed by atoms with Gasteiger partial charge in [0.1, 0.15) is 5.82 Å². The van der Waals surface area contributed by atoms with Gasteiger partial charge >= 0.3 is 0 Å². The number of carbonyl (C=O) groups excluding carboxylic acids is 1. The summed E-state index contributed by atoms with van der Waals surface area (Å²) in [7, 11) is 0. The molecule has 0 bridgehead atoms. The minimum atomic E-state index is 0.255. The summed E-state index contributed by atoms with van der Waals surface area (Å²) in [5.41, 5.74) is 1.43. The number of likely N-dealkylation sites (tertiary alicyclic amines) is 2. The van der Waals surface area contributed by atoms with Crippen LogP contribution < -0.4 is 0 Å². The van der Waals surface area contributed by atoms with Crippen LogP contribution in [0.5, 0.6) is 0 Å². The lowest BCUT2D eigenvalue weighted by Gasteiger charge is -2.35. The number of carbonyl (C=O) groups is 1. The van der Waals surface area contributed by atoms with Crippen molar-refractivity contribution in [2.45, 2.75) is 44.4 Å². The molecule has 0 radical (unpaired) electrons. The number of aryl methyl sites for hydroxylation is 1. The molecule has 27 heavy (non-hydrogen) atoms. The van der Waals surface area contributed by atoms with Crippen molar-refractivity contribution in [2.75, 3.05) is 32.7 Å². The van der Waals surface area contributed by atoms with Crippen LogP contribution in [-0.2, 0) is 4.79 Å². The SMILES string of the molecule is Cc1nc(C2CCCN(C(=O)CN3CCC(c4ccccc4)CC3)C2)n[nH]1. The normalized spacial score (nSPS) is 22.1. The molecule has 144 valence electrons. The van der Waals surface area contributed by atoms with E-state index in [9.17, 15) is 4.79 Å². The highest BCUT2D eigenvalue weighted by molar-refractivity contribution is 5.78. The fraction of sp³-hybridized carbons (Fsp3) is 0.571. The smallest absolute Gasteiger partial charge is 0.236 e. The van der Waals surface area contributed by atoms with Crippen LogP contribution in [0, 0.1) is 6.92 Å². The van der Waals surface area contributed by atoms with Crippen LogP contribution in [-0.4, -0.2) is 63.6 Å². The summed E-state index contributed by atoms with van der Waals surface area (Å²) in [5, 5.41) is 7.22. The number of H-pyrrole nitrogens is 1. The fourth-order valence-corrected chi connectivity index (χ4v) is 4.40. The molecule has 3 heterocycles. The third kappa shape index (κ3) is 4.38. The first-order valence-electron chi connectivity index (χ1n) is 10.1. The number of amides is 1. The van der Waals surface area contributed by atoms with E-state index in [1.165, 1.54) is 5.56 Å². The third-order valence-corrected chi connectivity index (χ3v) is 5.97. The quantitative estimate of drug-likeness (QED) is 0.902. The molecule has 6 nitrogen and oxygen atoms in total. The number of aromatic amines is 1. The zero-order chi connectivity index (χ0) is 18.6. The number of benzene rings is 1. The number of rotatable bonds is 4. The van der Waals surface area contributed by atoms with Gasteiger partial charge < -0.3 is 4.90 Å². The van der Waals surface area contributed by atoms with Crippen LogP contribution in [0.15, 0.2) is 30.3 Å². The van der Waals surface area contributed by atoms with E-state index in [0.717, 1.165) is 63.5 Å². The second-order valence-corrected chi connectivity index (χ2v) is 7.92. The highest BCUT2D eigenvalue weighted by Crippen LogP contribution is 2.28. The van der Waals surface area contributed by atoms with Gasteiger partial charge in [0.25, 0.3) is 0 Å². The zero-order valence-electron chi connectivity index (χ0n) is 16.1. The highest BCUT2D eigenvalue weighted by atomic mass is 16.2. The molecule has 1 amide bonds. The predicted molar refractivity (Wildman–Crippen MR) is 105 cm³/mol. The average molecular weight is 367 g/mol. The molecule has 1 N–H and O–H groups in total. The molecule has 1 unspecified atom stereocenters. The first-order chi connectivity index (χ1) is 13.2. The van der Waals surface area contributed by atoms with Crippen molar-refractivity contribution >= 4 is 5.91 Å². The molecule has 1 aromatic heterocycles. The predicted octanol–water partition coefficient (Wildman–Crippen LogP) is 2.70. The van der Waals surface area contributed by atoms with E-state index >= 15 is 0 Å². The molecule has 2 saturated heterocycles. The van der Waals surface area contributed by atoms with Crippen molar-refractivity contribution in [3.05, 3.63) is 47.5 Å². The van der Waals surface area contributed by atoms with E-state index in [1.807, 2.05) is 11.8 Å². The van der Waals surface area contributed by atoms with E-state index in [2.05, 4.69) is 50.4 Å². The number of aromatic nitrogens is 3. The molecule has 0 saturated carbocycles. The van der Waals surface area contributed by atoms with Crippen LogP contribution in [0.3, 0.4) is 0 Å². The van der Waals surface area contributed by atoms with E-state index in [0.29, 0.717) is 12.5 Å². The molecule has 4 rings (SSSR count). The Balaban J connectivity index is 1.28. The Labute approximate surface area is 161 Å². The third-order valence-electron chi connectivity index (χ3n) is 5.97. The maximum atomic E-state index is 12.8. The molecule has 6 heteroatoms. The number of nitrogens with one attached hydrogen (secondary N) is 1. The molecule has 2 aliphatic rings. The lowest BCUT2D eigenvalue weighted by Crippen LogP contribution is -2.46. The van der Waals surface area contributed by atoms with E-state index in [4.69, 9.17) is 0 Å². The van der Waals surface area contributed by atoms with Crippen molar-refractivity contribution in [1.82, 2.24) is 25.0 Å². The lowest BCUT2D eigenvalue weighted by atomic mass is 9.89. The van der Waals surface area contributed by atoms with Crippen LogP contribution in [0.4, 0.5) is 0 Å². The molecule has 2 aliphatic heterocycles. The fourth-order valence-electron chi connectivity index (χ4n) is 4.40. The summed E-state index contributed by atoms with van der Waals surface area (Å²) in [4.78, 5) is 21.6. The number of nitrogens with zero attached hydrogens (tertiary/aromatic N) is 4. The first kappa shape index (κ1) is 18.2. The Kier molecular flexibility index (Phi) is 5.53. The largest absolute Gasteiger partial charge is 0.341 e. The van der Waals surface area contributed by atoms with Crippen LogP contribution in [0.2, 0.25) is 0 Å². The standard InChI is InChI=1S/C21H29N5O/c1-16-22-21(24-23-16)19-8-5-11-26(14-19)20(27)15-25-12-9-18(10-13-25)17-6-3-2-4-7-17/h2-4,6-7,18-19H,5,8-15H2,1H3,(H,22,23,24). The molecular formula is C21H29N5O. The zero-order valence-corrected chi connectivity index (χ0v) is 16.1. The van der Waals surface area contributed by atoms with Crippen LogP contribution >= 0.6 is 0 Å². The summed E-state index contributed by atoms with van der Waals surface area (Å²) in [6, 6.07) is 10.8. The summed E-state index contributed by atoms with van der Waals surface area (Å²) in [6.45, 7) is 6.07. The average Bonchev–Trinajstić information content (AvgIpc) is 3.16. The second-order valence-electron chi connectivity index (χ2n) is 7.92. The summed E-state index contributed by atoms with van der Waals surface area (Å²) >= 11 is 0. The Morgan fingerprint density at radius 1 is 1.11 bits per heavy atom. The molecule has 0 spiro atoms. The second kappa shape index (κ2) is 8.21. The van der Waals surface area contributed by atoms with Gasteiger partial charge in [0.2, 0.25) is 5.91 Å². The molecule has 1 aromatic carbocycles. The topological polar surface area (TPSA) is 65.1 Å². The monoisotopic (exact) mass is 367 g/mol. The van der Waals surface area contributed by atoms with Gasteiger partial charge in [-0.2, -0.15) is 5.10 Å². The maximum Gasteiger partial charge on any atom is 0.236 e. The lowest BCUT2D eigenvalue weighted by molar-refractivity contribution is -0.134. The molecule has 2 fully saturated rings. The summed E-state index contributed by atoms with van der Waals surface area (Å²) in [6.07, 6.45) is 4.36.